The fraction of sp³-hybridized carbons (Fsp3) is 0.125. The summed E-state index contributed by atoms with van der Waals surface area (Å²) in [5.74, 6) is -0.239. The Morgan fingerprint density at radius 2 is 1.76 bits per heavy atom. The molecule has 0 atom stereocenters. The van der Waals surface area contributed by atoms with Crippen LogP contribution < -0.4 is 5.32 Å². The Morgan fingerprint density at radius 3 is 2.38 bits per heavy atom. The van der Waals surface area contributed by atoms with Crippen LogP contribution in [0.5, 0.6) is 0 Å². The molecule has 0 radical (unpaired) electrons. The molecule has 0 aliphatic rings. The van der Waals surface area contributed by atoms with Crippen LogP contribution in [0.3, 0.4) is 0 Å². The predicted octanol–water partition coefficient (Wildman–Crippen LogP) is 3.49. The molecule has 0 aliphatic heterocycles. The second-order valence-electron chi connectivity index (χ2n) is 4.61. The molecular weight excluding hydrogens is 304 g/mol. The predicted molar refractivity (Wildman–Crippen MR) is 89.4 cm³/mol. The number of nitrogens with zero attached hydrogens (tertiary/aromatic N) is 1. The number of carbonyl (C=O) groups is 1. The lowest BCUT2D eigenvalue weighted by atomic mass is 10.2. The standard InChI is InChI=1S/C16H15ClN2OS/c1-19(11-12-5-3-2-4-6-12)16(21)18-15(20)13-7-9-14(17)10-8-13/h2-10H,11H2,1H3,(H,18,20,21). The maximum absolute atomic E-state index is 12.1. The van der Waals surface area contributed by atoms with Gasteiger partial charge in [0, 0.05) is 24.2 Å². The minimum Gasteiger partial charge on any atom is -0.348 e. The van der Waals surface area contributed by atoms with E-state index < -0.39 is 0 Å². The summed E-state index contributed by atoms with van der Waals surface area (Å²) in [4.78, 5) is 13.9. The molecule has 0 aromatic heterocycles. The summed E-state index contributed by atoms with van der Waals surface area (Å²) in [6.07, 6.45) is 0. The van der Waals surface area contributed by atoms with Crippen LogP contribution in [0.4, 0.5) is 0 Å². The number of hydrogen-bond donors (Lipinski definition) is 1. The molecule has 0 aliphatic carbocycles. The van der Waals surface area contributed by atoms with E-state index in [1.807, 2.05) is 42.3 Å². The number of rotatable bonds is 3. The molecule has 2 rings (SSSR count). The smallest absolute Gasteiger partial charge is 0.257 e. The van der Waals surface area contributed by atoms with E-state index in [1.54, 1.807) is 24.3 Å². The molecule has 0 fully saturated rings. The summed E-state index contributed by atoms with van der Waals surface area (Å²) in [7, 11) is 1.84. The minimum atomic E-state index is -0.239. The van der Waals surface area contributed by atoms with E-state index >= 15 is 0 Å². The number of nitrogens with one attached hydrogen (secondary N) is 1. The van der Waals surface area contributed by atoms with Gasteiger partial charge in [-0.2, -0.15) is 0 Å². The highest BCUT2D eigenvalue weighted by Gasteiger charge is 2.11. The van der Waals surface area contributed by atoms with Crippen molar-refractivity contribution in [3.63, 3.8) is 0 Å². The van der Waals surface area contributed by atoms with Gasteiger partial charge in [-0.15, -0.1) is 0 Å². The van der Waals surface area contributed by atoms with Crippen LogP contribution in [0.25, 0.3) is 0 Å². The van der Waals surface area contributed by atoms with Crippen molar-refractivity contribution in [2.24, 2.45) is 0 Å². The first kappa shape index (κ1) is 15.5. The van der Waals surface area contributed by atoms with Crippen molar-refractivity contribution in [1.29, 1.82) is 0 Å². The van der Waals surface area contributed by atoms with Gasteiger partial charge in [0.25, 0.3) is 5.91 Å². The molecule has 2 aromatic rings. The van der Waals surface area contributed by atoms with Crippen LogP contribution in [0.2, 0.25) is 5.02 Å². The molecular formula is C16H15ClN2OS. The van der Waals surface area contributed by atoms with Crippen LogP contribution in [-0.2, 0) is 6.54 Å². The Labute approximate surface area is 134 Å². The van der Waals surface area contributed by atoms with Crippen LogP contribution in [-0.4, -0.2) is 23.0 Å². The number of thiocarbonyl (C=S) groups is 1. The molecule has 5 heteroatoms. The number of benzene rings is 2. The number of halogens is 1. The number of carbonyl (C=O) groups excluding carboxylic acids is 1. The van der Waals surface area contributed by atoms with Crippen LogP contribution in [0.1, 0.15) is 15.9 Å². The SMILES string of the molecule is CN(Cc1ccccc1)C(=S)NC(=O)c1ccc(Cl)cc1. The quantitative estimate of drug-likeness (QED) is 0.879. The second kappa shape index (κ2) is 7.20. The van der Waals surface area contributed by atoms with Crippen molar-refractivity contribution in [2.45, 2.75) is 6.54 Å². The lowest BCUT2D eigenvalue weighted by molar-refractivity contribution is 0.0973. The first-order valence-electron chi connectivity index (χ1n) is 6.42. The summed E-state index contributed by atoms with van der Waals surface area (Å²) in [5, 5.41) is 3.69. The van der Waals surface area contributed by atoms with Gasteiger partial charge in [-0.05, 0) is 42.0 Å². The second-order valence-corrected chi connectivity index (χ2v) is 5.43. The van der Waals surface area contributed by atoms with Crippen LogP contribution in [0.15, 0.2) is 54.6 Å². The van der Waals surface area contributed by atoms with E-state index in [0.717, 1.165) is 5.56 Å². The molecule has 0 spiro atoms. The molecule has 21 heavy (non-hydrogen) atoms. The highest BCUT2D eigenvalue weighted by molar-refractivity contribution is 7.80. The van der Waals surface area contributed by atoms with Gasteiger partial charge in [0.1, 0.15) is 0 Å². The van der Waals surface area contributed by atoms with Crippen molar-refractivity contribution >= 4 is 34.8 Å². The topological polar surface area (TPSA) is 32.3 Å². The minimum absolute atomic E-state index is 0.239. The Bertz CT molecular complexity index is 628. The average Bonchev–Trinajstić information content (AvgIpc) is 2.48. The van der Waals surface area contributed by atoms with Crippen molar-refractivity contribution in [2.75, 3.05) is 7.05 Å². The third-order valence-electron chi connectivity index (χ3n) is 2.94. The average molecular weight is 319 g/mol. The number of amides is 1. The molecule has 1 N–H and O–H groups in total. The molecule has 3 nitrogen and oxygen atoms in total. The number of hydrogen-bond acceptors (Lipinski definition) is 2. The molecule has 2 aromatic carbocycles. The molecule has 0 saturated carbocycles. The van der Waals surface area contributed by atoms with E-state index in [2.05, 4.69) is 5.32 Å². The van der Waals surface area contributed by atoms with E-state index in [4.69, 9.17) is 23.8 Å². The highest BCUT2D eigenvalue weighted by atomic mass is 35.5. The van der Waals surface area contributed by atoms with E-state index in [-0.39, 0.29) is 5.91 Å². The van der Waals surface area contributed by atoms with Crippen molar-refractivity contribution < 1.29 is 4.79 Å². The zero-order chi connectivity index (χ0) is 15.2. The molecule has 108 valence electrons. The Morgan fingerprint density at radius 1 is 1.14 bits per heavy atom. The lowest BCUT2D eigenvalue weighted by Gasteiger charge is -2.20. The molecule has 1 amide bonds. The fourth-order valence-corrected chi connectivity index (χ4v) is 2.08. The molecule has 0 heterocycles. The largest absolute Gasteiger partial charge is 0.348 e. The van der Waals surface area contributed by atoms with Gasteiger partial charge in [-0.3, -0.25) is 10.1 Å². The van der Waals surface area contributed by atoms with Crippen LogP contribution >= 0.6 is 23.8 Å². The summed E-state index contributed by atoms with van der Waals surface area (Å²) >= 11 is 11.0. The molecule has 0 bridgehead atoms. The van der Waals surface area contributed by atoms with Crippen LogP contribution in [0, 0.1) is 0 Å². The van der Waals surface area contributed by atoms with E-state index in [1.165, 1.54) is 0 Å². The van der Waals surface area contributed by atoms with Crippen molar-refractivity contribution in [3.8, 4) is 0 Å². The molecule has 0 saturated heterocycles. The van der Waals surface area contributed by atoms with Gasteiger partial charge in [0.05, 0.1) is 0 Å². The Balaban J connectivity index is 1.94. The first-order valence-corrected chi connectivity index (χ1v) is 7.21. The zero-order valence-electron chi connectivity index (χ0n) is 11.5. The third-order valence-corrected chi connectivity index (χ3v) is 3.60. The highest BCUT2D eigenvalue weighted by Crippen LogP contribution is 2.09. The summed E-state index contributed by atoms with van der Waals surface area (Å²) < 4.78 is 0. The van der Waals surface area contributed by atoms with Crippen molar-refractivity contribution in [1.82, 2.24) is 10.2 Å². The van der Waals surface area contributed by atoms with Crippen molar-refractivity contribution in [3.05, 3.63) is 70.7 Å². The van der Waals surface area contributed by atoms with Gasteiger partial charge in [-0.25, -0.2) is 0 Å². The summed E-state index contributed by atoms with van der Waals surface area (Å²) in [6.45, 7) is 0.639. The van der Waals surface area contributed by atoms with Gasteiger partial charge >= 0.3 is 0 Å². The third kappa shape index (κ3) is 4.55. The maximum Gasteiger partial charge on any atom is 0.257 e. The van der Waals surface area contributed by atoms with E-state index in [0.29, 0.717) is 22.2 Å². The van der Waals surface area contributed by atoms with Gasteiger partial charge in [0.15, 0.2) is 5.11 Å². The summed E-state index contributed by atoms with van der Waals surface area (Å²) in [6, 6.07) is 16.6. The monoisotopic (exact) mass is 318 g/mol. The lowest BCUT2D eigenvalue weighted by Crippen LogP contribution is -2.40. The first-order chi connectivity index (χ1) is 10.1. The fourth-order valence-electron chi connectivity index (χ4n) is 1.80. The summed E-state index contributed by atoms with van der Waals surface area (Å²) in [5.41, 5.74) is 1.65. The van der Waals surface area contributed by atoms with Gasteiger partial charge in [0.2, 0.25) is 0 Å². The maximum atomic E-state index is 12.1. The van der Waals surface area contributed by atoms with Gasteiger partial charge < -0.3 is 4.90 Å². The Kier molecular flexibility index (Phi) is 5.31. The normalized spacial score (nSPS) is 10.0. The molecule has 0 unspecified atom stereocenters. The zero-order valence-corrected chi connectivity index (χ0v) is 13.1. The Hall–Kier alpha value is -1.91. The van der Waals surface area contributed by atoms with Gasteiger partial charge in [-0.1, -0.05) is 41.9 Å². The van der Waals surface area contributed by atoms with E-state index in [9.17, 15) is 4.79 Å².